The van der Waals surface area contributed by atoms with Gasteiger partial charge in [-0.1, -0.05) is 19.9 Å². The molecule has 0 saturated carbocycles. The third-order valence-corrected chi connectivity index (χ3v) is 2.71. The molecule has 0 aliphatic carbocycles. The summed E-state index contributed by atoms with van der Waals surface area (Å²) in [5.74, 6) is 0.210. The van der Waals surface area contributed by atoms with Crippen molar-refractivity contribution in [3.63, 3.8) is 0 Å². The second-order valence-electron chi connectivity index (χ2n) is 4.70. The molecule has 1 amide bonds. The lowest BCUT2D eigenvalue weighted by Crippen LogP contribution is -2.21. The first-order valence-corrected chi connectivity index (χ1v) is 6.00. The van der Waals surface area contributed by atoms with Crippen LogP contribution in [0.25, 0.3) is 0 Å². The van der Waals surface area contributed by atoms with Gasteiger partial charge in [0.05, 0.1) is 0 Å². The molecule has 4 heteroatoms. The maximum absolute atomic E-state index is 10.9. The number of primary amides is 1. The lowest BCUT2D eigenvalue weighted by Gasteiger charge is -2.14. The van der Waals surface area contributed by atoms with E-state index in [-0.39, 0.29) is 6.04 Å². The highest BCUT2D eigenvalue weighted by atomic mass is 16.1. The van der Waals surface area contributed by atoms with Gasteiger partial charge in [-0.2, -0.15) is 0 Å². The van der Waals surface area contributed by atoms with Crippen LogP contribution in [0.4, 0.5) is 0 Å². The van der Waals surface area contributed by atoms with E-state index < -0.39 is 5.91 Å². The molecule has 1 atom stereocenters. The SMILES string of the molecule is CC(C)CCNC(C)c1ccc(C(N)=O)nc1. The summed E-state index contributed by atoms with van der Waals surface area (Å²) in [7, 11) is 0. The van der Waals surface area contributed by atoms with E-state index in [1.807, 2.05) is 6.07 Å². The summed E-state index contributed by atoms with van der Waals surface area (Å²) in [6.07, 6.45) is 2.85. The Bertz CT molecular complexity index is 359. The monoisotopic (exact) mass is 235 g/mol. The molecule has 1 rings (SSSR count). The predicted molar refractivity (Wildman–Crippen MR) is 68.6 cm³/mol. The topological polar surface area (TPSA) is 68.0 Å². The molecule has 94 valence electrons. The molecule has 1 unspecified atom stereocenters. The lowest BCUT2D eigenvalue weighted by atomic mass is 10.1. The zero-order valence-electron chi connectivity index (χ0n) is 10.7. The van der Waals surface area contributed by atoms with E-state index in [1.165, 1.54) is 0 Å². The molecule has 1 aromatic heterocycles. The van der Waals surface area contributed by atoms with Crippen molar-refractivity contribution in [2.45, 2.75) is 33.2 Å². The molecule has 17 heavy (non-hydrogen) atoms. The Morgan fingerprint density at radius 1 is 1.41 bits per heavy atom. The molecule has 1 heterocycles. The summed E-state index contributed by atoms with van der Waals surface area (Å²) in [4.78, 5) is 14.9. The molecule has 1 aromatic rings. The first-order valence-electron chi connectivity index (χ1n) is 6.00. The maximum Gasteiger partial charge on any atom is 0.267 e. The van der Waals surface area contributed by atoms with E-state index in [0.717, 1.165) is 18.5 Å². The second kappa shape index (κ2) is 6.35. The summed E-state index contributed by atoms with van der Waals surface area (Å²) in [5, 5.41) is 3.42. The van der Waals surface area contributed by atoms with Crippen molar-refractivity contribution in [2.75, 3.05) is 6.54 Å². The molecule has 0 aliphatic heterocycles. The fourth-order valence-corrected chi connectivity index (χ4v) is 1.51. The fourth-order valence-electron chi connectivity index (χ4n) is 1.51. The molecule has 0 radical (unpaired) electrons. The van der Waals surface area contributed by atoms with Crippen LogP contribution in [0, 0.1) is 5.92 Å². The van der Waals surface area contributed by atoms with Crippen LogP contribution >= 0.6 is 0 Å². The predicted octanol–water partition coefficient (Wildman–Crippen LogP) is 1.88. The van der Waals surface area contributed by atoms with Crippen molar-refractivity contribution in [1.82, 2.24) is 10.3 Å². The fraction of sp³-hybridized carbons (Fsp3) is 0.538. The van der Waals surface area contributed by atoms with E-state index in [2.05, 4.69) is 31.1 Å². The average molecular weight is 235 g/mol. The van der Waals surface area contributed by atoms with Crippen molar-refractivity contribution in [2.24, 2.45) is 11.7 Å². The summed E-state index contributed by atoms with van der Waals surface area (Å²) in [6.45, 7) is 7.47. The number of nitrogens with zero attached hydrogens (tertiary/aromatic N) is 1. The molecular weight excluding hydrogens is 214 g/mol. The minimum atomic E-state index is -0.489. The molecule has 3 N–H and O–H groups in total. The highest BCUT2D eigenvalue weighted by molar-refractivity contribution is 5.90. The van der Waals surface area contributed by atoms with Crippen LogP contribution in [0.5, 0.6) is 0 Å². The highest BCUT2D eigenvalue weighted by Crippen LogP contribution is 2.11. The third-order valence-electron chi connectivity index (χ3n) is 2.71. The van der Waals surface area contributed by atoms with Gasteiger partial charge in [-0.05, 0) is 37.4 Å². The average Bonchev–Trinajstić information content (AvgIpc) is 2.28. The summed E-state index contributed by atoms with van der Waals surface area (Å²) >= 11 is 0. The van der Waals surface area contributed by atoms with Gasteiger partial charge in [-0.3, -0.25) is 9.78 Å². The number of hydrogen-bond acceptors (Lipinski definition) is 3. The van der Waals surface area contributed by atoms with E-state index in [4.69, 9.17) is 5.73 Å². The summed E-state index contributed by atoms with van der Waals surface area (Å²) < 4.78 is 0. The molecule has 0 bridgehead atoms. The van der Waals surface area contributed by atoms with Crippen LogP contribution in [0.2, 0.25) is 0 Å². The van der Waals surface area contributed by atoms with Gasteiger partial charge in [-0.25, -0.2) is 0 Å². The van der Waals surface area contributed by atoms with Crippen molar-refractivity contribution >= 4 is 5.91 Å². The summed E-state index contributed by atoms with van der Waals surface area (Å²) in [5.41, 5.74) is 6.51. The van der Waals surface area contributed by atoms with Crippen molar-refractivity contribution in [3.8, 4) is 0 Å². The van der Waals surface area contributed by atoms with Crippen LogP contribution in [0.3, 0.4) is 0 Å². The van der Waals surface area contributed by atoms with Gasteiger partial charge in [0.15, 0.2) is 0 Å². The minimum absolute atomic E-state index is 0.239. The number of hydrogen-bond donors (Lipinski definition) is 2. The Labute approximate surface area is 103 Å². The molecule has 0 spiro atoms. The van der Waals surface area contributed by atoms with Gasteiger partial charge in [0.25, 0.3) is 5.91 Å². The number of rotatable bonds is 6. The molecule has 0 aromatic carbocycles. The van der Waals surface area contributed by atoms with Gasteiger partial charge in [0.2, 0.25) is 0 Å². The molecular formula is C13H21N3O. The van der Waals surface area contributed by atoms with Gasteiger partial charge in [0, 0.05) is 12.2 Å². The standard InChI is InChI=1S/C13H21N3O/c1-9(2)6-7-15-10(3)11-4-5-12(13(14)17)16-8-11/h4-5,8-10,15H,6-7H2,1-3H3,(H2,14,17). The zero-order valence-corrected chi connectivity index (χ0v) is 10.7. The Kier molecular flexibility index (Phi) is 5.10. The Hall–Kier alpha value is -1.42. The Morgan fingerprint density at radius 3 is 2.59 bits per heavy atom. The van der Waals surface area contributed by atoms with E-state index in [0.29, 0.717) is 11.6 Å². The van der Waals surface area contributed by atoms with Crippen LogP contribution in [-0.2, 0) is 0 Å². The number of pyridine rings is 1. The zero-order chi connectivity index (χ0) is 12.8. The van der Waals surface area contributed by atoms with Crippen LogP contribution in [0.15, 0.2) is 18.3 Å². The molecule has 0 aliphatic rings. The summed E-state index contributed by atoms with van der Waals surface area (Å²) in [6, 6.07) is 3.79. The van der Waals surface area contributed by atoms with Gasteiger partial charge in [0.1, 0.15) is 5.69 Å². The van der Waals surface area contributed by atoms with Crippen molar-refractivity contribution < 1.29 is 4.79 Å². The van der Waals surface area contributed by atoms with E-state index in [9.17, 15) is 4.79 Å². The van der Waals surface area contributed by atoms with Gasteiger partial charge < -0.3 is 11.1 Å². The number of nitrogens with two attached hydrogens (primary N) is 1. The highest BCUT2D eigenvalue weighted by Gasteiger charge is 2.07. The lowest BCUT2D eigenvalue weighted by molar-refractivity contribution is 0.0995. The Balaban J connectivity index is 2.51. The van der Waals surface area contributed by atoms with E-state index in [1.54, 1.807) is 12.3 Å². The molecule has 0 saturated heterocycles. The van der Waals surface area contributed by atoms with E-state index >= 15 is 0 Å². The number of nitrogens with one attached hydrogen (secondary N) is 1. The number of aromatic nitrogens is 1. The molecule has 4 nitrogen and oxygen atoms in total. The largest absolute Gasteiger partial charge is 0.364 e. The van der Waals surface area contributed by atoms with Gasteiger partial charge in [-0.15, -0.1) is 0 Å². The van der Waals surface area contributed by atoms with Crippen LogP contribution < -0.4 is 11.1 Å². The first kappa shape index (κ1) is 13.6. The van der Waals surface area contributed by atoms with Crippen LogP contribution in [0.1, 0.15) is 49.3 Å². The number of carbonyl (C=O) groups excluding carboxylic acids is 1. The van der Waals surface area contributed by atoms with Crippen molar-refractivity contribution in [3.05, 3.63) is 29.6 Å². The number of amides is 1. The first-order chi connectivity index (χ1) is 8.00. The maximum atomic E-state index is 10.9. The Morgan fingerprint density at radius 2 is 2.12 bits per heavy atom. The second-order valence-corrected chi connectivity index (χ2v) is 4.70. The smallest absolute Gasteiger partial charge is 0.267 e. The minimum Gasteiger partial charge on any atom is -0.364 e. The number of carbonyl (C=O) groups is 1. The normalized spacial score (nSPS) is 12.7. The third kappa shape index (κ3) is 4.53. The van der Waals surface area contributed by atoms with Gasteiger partial charge >= 0.3 is 0 Å². The molecule has 0 fully saturated rings. The van der Waals surface area contributed by atoms with Crippen LogP contribution in [-0.4, -0.2) is 17.4 Å². The van der Waals surface area contributed by atoms with Crippen molar-refractivity contribution in [1.29, 1.82) is 0 Å². The quantitative estimate of drug-likeness (QED) is 0.791.